The maximum atomic E-state index is 5.44. The maximum absolute atomic E-state index is 5.44. The third kappa shape index (κ3) is 7.54. The minimum atomic E-state index is 0. The van der Waals surface area contributed by atoms with Crippen LogP contribution in [0.2, 0.25) is 0 Å². The van der Waals surface area contributed by atoms with Crippen LogP contribution < -0.4 is 5.32 Å². The van der Waals surface area contributed by atoms with Crippen LogP contribution in [0.3, 0.4) is 0 Å². The van der Waals surface area contributed by atoms with Gasteiger partial charge in [-0.05, 0) is 44.2 Å². The van der Waals surface area contributed by atoms with Gasteiger partial charge in [0.1, 0.15) is 5.69 Å². The highest BCUT2D eigenvalue weighted by Gasteiger charge is 2.15. The second-order valence-corrected chi connectivity index (χ2v) is 6.98. The second kappa shape index (κ2) is 12.7. The Morgan fingerprint density at radius 1 is 1.31 bits per heavy atom. The molecule has 1 aliphatic heterocycles. The van der Waals surface area contributed by atoms with Gasteiger partial charge in [0.2, 0.25) is 0 Å². The molecule has 0 saturated carbocycles. The van der Waals surface area contributed by atoms with Gasteiger partial charge in [0, 0.05) is 52.5 Å². The summed E-state index contributed by atoms with van der Waals surface area (Å²) >= 11 is 0. The van der Waals surface area contributed by atoms with Crippen molar-refractivity contribution < 1.29 is 9.26 Å². The molecule has 0 aromatic carbocycles. The molecule has 1 N–H and O–H groups in total. The van der Waals surface area contributed by atoms with Gasteiger partial charge in [0.05, 0.1) is 0 Å². The topological polar surface area (TPSA) is 88.7 Å². The lowest BCUT2D eigenvalue weighted by molar-refractivity contribution is 0.0625. The first kappa shape index (κ1) is 23.5. The molecule has 2 aromatic rings. The number of nitrogens with one attached hydrogen (secondary N) is 1. The smallest absolute Gasteiger partial charge is 0.276 e. The zero-order valence-electron chi connectivity index (χ0n) is 17.2. The fourth-order valence-corrected chi connectivity index (χ4v) is 3.20. The molecule has 0 spiro atoms. The number of hydrogen-bond donors (Lipinski definition) is 1. The van der Waals surface area contributed by atoms with E-state index in [1.54, 1.807) is 6.20 Å². The predicted octanol–water partition coefficient (Wildman–Crippen LogP) is 3.01. The van der Waals surface area contributed by atoms with E-state index in [1.165, 1.54) is 6.42 Å². The number of hydrogen-bond acceptors (Lipinski definition) is 6. The summed E-state index contributed by atoms with van der Waals surface area (Å²) in [6.45, 7) is 6.31. The molecule has 0 unspecified atom stereocenters. The molecule has 0 radical (unpaired) electrons. The van der Waals surface area contributed by atoms with Crippen LogP contribution in [-0.2, 0) is 11.2 Å². The Kier molecular flexibility index (Phi) is 10.3. The number of ether oxygens (including phenoxy) is 1. The third-order valence-corrected chi connectivity index (χ3v) is 4.86. The van der Waals surface area contributed by atoms with Crippen molar-refractivity contribution in [1.29, 1.82) is 0 Å². The Hall–Kier alpha value is -1.75. The van der Waals surface area contributed by atoms with Crippen LogP contribution >= 0.6 is 24.0 Å². The molecule has 0 aliphatic carbocycles. The molecule has 2 aromatic heterocycles. The van der Waals surface area contributed by atoms with Crippen LogP contribution in [0.1, 0.15) is 32.0 Å². The van der Waals surface area contributed by atoms with Gasteiger partial charge in [0.15, 0.2) is 11.8 Å². The summed E-state index contributed by atoms with van der Waals surface area (Å²) < 4.78 is 10.7. The van der Waals surface area contributed by atoms with Crippen LogP contribution in [0.25, 0.3) is 11.6 Å². The summed E-state index contributed by atoms with van der Waals surface area (Å²) in [5.74, 6) is 2.76. The van der Waals surface area contributed by atoms with Gasteiger partial charge >= 0.3 is 0 Å². The minimum absolute atomic E-state index is 0. The van der Waals surface area contributed by atoms with Crippen LogP contribution in [-0.4, -0.2) is 65.9 Å². The number of nitrogens with zero attached hydrogens (tertiary/aromatic N) is 5. The molecular weight excluding hydrogens is 483 g/mol. The zero-order valence-corrected chi connectivity index (χ0v) is 19.5. The quantitative estimate of drug-likeness (QED) is 0.329. The molecule has 0 bridgehead atoms. The summed E-state index contributed by atoms with van der Waals surface area (Å²) in [7, 11) is 2.09. The van der Waals surface area contributed by atoms with Gasteiger partial charge in [-0.25, -0.2) is 0 Å². The molecule has 3 rings (SSSR count). The van der Waals surface area contributed by atoms with Crippen LogP contribution in [0.5, 0.6) is 0 Å². The summed E-state index contributed by atoms with van der Waals surface area (Å²) in [4.78, 5) is 15.6. The summed E-state index contributed by atoms with van der Waals surface area (Å²) in [5.41, 5.74) is 0.686. The van der Waals surface area contributed by atoms with Crippen molar-refractivity contribution in [3.8, 4) is 11.6 Å². The van der Waals surface area contributed by atoms with E-state index in [9.17, 15) is 0 Å². The largest absolute Gasteiger partial charge is 0.381 e. The lowest BCUT2D eigenvalue weighted by atomic mass is 9.96. The lowest BCUT2D eigenvalue weighted by Gasteiger charge is -2.26. The highest BCUT2D eigenvalue weighted by Crippen LogP contribution is 2.18. The standard InChI is InChI=1S/C20H30N6O2.HI/c1-3-21-20(26(2)13-8-16-9-14-27-15-10-16)23-12-7-18-24-19(28-25-18)17-6-4-5-11-22-17;/h4-6,11,16H,3,7-10,12-15H2,1-2H3,(H,21,23);1H. The number of halogens is 1. The zero-order chi connectivity index (χ0) is 19.6. The van der Waals surface area contributed by atoms with Crippen LogP contribution in [0, 0.1) is 5.92 Å². The number of aromatic nitrogens is 3. The highest BCUT2D eigenvalue weighted by atomic mass is 127. The first-order valence-electron chi connectivity index (χ1n) is 10.1. The molecule has 9 heteroatoms. The molecule has 29 heavy (non-hydrogen) atoms. The molecule has 0 atom stereocenters. The van der Waals surface area contributed by atoms with E-state index in [1.807, 2.05) is 18.2 Å². The van der Waals surface area contributed by atoms with Crippen molar-refractivity contribution >= 4 is 29.9 Å². The summed E-state index contributed by atoms with van der Waals surface area (Å²) in [6.07, 6.45) is 5.83. The highest BCUT2D eigenvalue weighted by molar-refractivity contribution is 14.0. The van der Waals surface area contributed by atoms with Gasteiger partial charge in [-0.15, -0.1) is 24.0 Å². The molecule has 3 heterocycles. The van der Waals surface area contributed by atoms with Crippen molar-refractivity contribution in [2.45, 2.75) is 32.6 Å². The third-order valence-electron chi connectivity index (χ3n) is 4.86. The average molecular weight is 514 g/mol. The van der Waals surface area contributed by atoms with Crippen LogP contribution in [0.4, 0.5) is 0 Å². The van der Waals surface area contributed by atoms with E-state index in [4.69, 9.17) is 14.3 Å². The molecule has 1 fully saturated rings. The normalized spacial score (nSPS) is 15.0. The molecular formula is C20H31IN6O2. The number of pyridine rings is 1. The Labute approximate surface area is 189 Å². The Morgan fingerprint density at radius 3 is 2.86 bits per heavy atom. The van der Waals surface area contributed by atoms with E-state index in [-0.39, 0.29) is 24.0 Å². The molecule has 8 nitrogen and oxygen atoms in total. The lowest BCUT2D eigenvalue weighted by Crippen LogP contribution is -2.40. The Bertz CT molecular complexity index is 734. The number of aliphatic imine (C=N–C) groups is 1. The molecule has 1 saturated heterocycles. The molecule has 1 aliphatic rings. The maximum Gasteiger partial charge on any atom is 0.276 e. The fraction of sp³-hybridized carbons (Fsp3) is 0.600. The Morgan fingerprint density at radius 2 is 2.14 bits per heavy atom. The van der Waals surface area contributed by atoms with E-state index in [2.05, 4.69) is 39.3 Å². The number of rotatable bonds is 8. The van der Waals surface area contributed by atoms with Gasteiger partial charge in [-0.3, -0.25) is 9.98 Å². The van der Waals surface area contributed by atoms with Crippen molar-refractivity contribution in [2.75, 3.05) is 39.9 Å². The van der Waals surface area contributed by atoms with Crippen molar-refractivity contribution in [3.05, 3.63) is 30.2 Å². The fourth-order valence-electron chi connectivity index (χ4n) is 3.20. The number of guanidine groups is 1. The average Bonchev–Trinajstić information content (AvgIpc) is 3.22. The molecule has 0 amide bonds. The van der Waals surface area contributed by atoms with Gasteiger partial charge < -0.3 is 19.5 Å². The SMILES string of the molecule is CCNC(=NCCc1noc(-c2ccccn2)n1)N(C)CCC1CCOCC1.I. The molecule has 160 valence electrons. The van der Waals surface area contributed by atoms with Crippen molar-refractivity contribution in [2.24, 2.45) is 10.9 Å². The summed E-state index contributed by atoms with van der Waals surface area (Å²) in [6, 6.07) is 5.61. The monoisotopic (exact) mass is 514 g/mol. The van der Waals surface area contributed by atoms with Gasteiger partial charge in [-0.2, -0.15) is 4.98 Å². The van der Waals surface area contributed by atoms with Crippen molar-refractivity contribution in [1.82, 2.24) is 25.3 Å². The van der Waals surface area contributed by atoms with Crippen molar-refractivity contribution in [3.63, 3.8) is 0 Å². The second-order valence-electron chi connectivity index (χ2n) is 6.98. The van der Waals surface area contributed by atoms with E-state index in [0.717, 1.165) is 51.0 Å². The van der Waals surface area contributed by atoms with Crippen LogP contribution in [0.15, 0.2) is 33.9 Å². The Balaban J connectivity index is 0.00000300. The van der Waals surface area contributed by atoms with E-state index < -0.39 is 0 Å². The van der Waals surface area contributed by atoms with E-state index in [0.29, 0.717) is 30.4 Å². The predicted molar refractivity (Wildman–Crippen MR) is 123 cm³/mol. The van der Waals surface area contributed by atoms with E-state index >= 15 is 0 Å². The summed E-state index contributed by atoms with van der Waals surface area (Å²) in [5, 5.41) is 7.40. The van der Waals surface area contributed by atoms with Gasteiger partial charge in [0.25, 0.3) is 5.89 Å². The first-order chi connectivity index (χ1) is 13.8. The van der Waals surface area contributed by atoms with Gasteiger partial charge in [-0.1, -0.05) is 11.2 Å². The first-order valence-corrected chi connectivity index (χ1v) is 10.1. The minimum Gasteiger partial charge on any atom is -0.381 e.